The van der Waals surface area contributed by atoms with Crippen molar-refractivity contribution in [2.45, 2.75) is 50.3 Å². The number of benzene rings is 2. The summed E-state index contributed by atoms with van der Waals surface area (Å²) in [5, 5.41) is 11.5. The van der Waals surface area contributed by atoms with Gasteiger partial charge in [0.1, 0.15) is 24.5 Å². The molecule has 2 heterocycles. The van der Waals surface area contributed by atoms with E-state index in [-0.39, 0.29) is 69.7 Å². The van der Waals surface area contributed by atoms with Crippen LogP contribution in [0.2, 0.25) is 0 Å². The lowest BCUT2D eigenvalue weighted by molar-refractivity contribution is -0.147. The Kier molecular flexibility index (Phi) is 9.26. The van der Waals surface area contributed by atoms with E-state index in [1.54, 1.807) is 30.3 Å². The van der Waals surface area contributed by atoms with Gasteiger partial charge in [-0.3, -0.25) is 14.6 Å². The zero-order valence-corrected chi connectivity index (χ0v) is 21.7. The van der Waals surface area contributed by atoms with Crippen LogP contribution in [-0.2, 0) is 32.1 Å². The van der Waals surface area contributed by atoms with Crippen molar-refractivity contribution in [3.8, 4) is 6.07 Å². The minimum Gasteiger partial charge on any atom is -0.449 e. The Hall–Kier alpha value is -4.11. The highest BCUT2D eigenvalue weighted by molar-refractivity contribution is 5.92. The van der Waals surface area contributed by atoms with E-state index in [1.807, 2.05) is 4.90 Å². The number of amides is 2. The molecule has 0 aliphatic carbocycles. The number of carbonyl (C=O) groups is 3. The first-order valence-corrected chi connectivity index (χ1v) is 12.9. The van der Waals surface area contributed by atoms with Gasteiger partial charge in [-0.15, -0.1) is 0 Å². The summed E-state index contributed by atoms with van der Waals surface area (Å²) in [6.45, 7) is -0.179. The van der Waals surface area contributed by atoms with Crippen LogP contribution in [0.1, 0.15) is 30.4 Å². The normalized spacial score (nSPS) is 20.4. The predicted octanol–water partition coefficient (Wildman–Crippen LogP) is 3.88. The Bertz CT molecular complexity index is 1240. The van der Waals surface area contributed by atoms with Crippen LogP contribution in [0, 0.1) is 17.1 Å². The SMILES string of the molecule is N#CCOC(=O)[C@@H]1C[C@@H](N2CCC(F)(F)CC2)CN1C(=O)OCc1ccc(NC(=O)Cc2ccc(F)cc2)cc1. The second-order valence-electron chi connectivity index (χ2n) is 9.82. The number of anilines is 1. The van der Waals surface area contributed by atoms with Crippen LogP contribution in [0.25, 0.3) is 0 Å². The number of rotatable bonds is 8. The van der Waals surface area contributed by atoms with E-state index in [4.69, 9.17) is 14.7 Å². The molecular formula is C28H29F3N4O5. The minimum absolute atomic E-state index is 0.0777. The van der Waals surface area contributed by atoms with E-state index >= 15 is 0 Å². The van der Waals surface area contributed by atoms with Gasteiger partial charge in [-0.25, -0.2) is 22.8 Å². The van der Waals surface area contributed by atoms with Crippen molar-refractivity contribution in [2.24, 2.45) is 0 Å². The smallest absolute Gasteiger partial charge is 0.410 e. The number of carbonyl (C=O) groups excluding carboxylic acids is 3. The molecule has 0 aromatic heterocycles. The first-order chi connectivity index (χ1) is 19.1. The lowest BCUT2D eigenvalue weighted by Crippen LogP contribution is -2.46. The molecule has 9 nitrogen and oxygen atoms in total. The standard InChI is InChI=1S/C28H29F3N4O5/c29-21-5-1-19(2-6-21)15-25(36)33-22-7-3-20(4-8-22)18-40-27(38)35-17-23(16-24(35)26(37)39-14-11-32)34-12-9-28(30,31)10-13-34/h1-8,23-24H,9-10,12-18H2,(H,33,36)/t23-,24+/m1/s1. The first kappa shape index (κ1) is 28.9. The predicted molar refractivity (Wildman–Crippen MR) is 137 cm³/mol. The maximum Gasteiger partial charge on any atom is 0.410 e. The van der Waals surface area contributed by atoms with Gasteiger partial charge in [-0.2, -0.15) is 5.26 Å². The van der Waals surface area contributed by atoms with Crippen molar-refractivity contribution < 1.29 is 37.0 Å². The highest BCUT2D eigenvalue weighted by atomic mass is 19.3. The molecule has 2 aliphatic heterocycles. The third kappa shape index (κ3) is 7.72. The molecule has 2 amide bonds. The number of nitrogens with one attached hydrogen (secondary N) is 1. The van der Waals surface area contributed by atoms with Crippen molar-refractivity contribution >= 4 is 23.7 Å². The number of hydrogen-bond acceptors (Lipinski definition) is 7. The fraction of sp³-hybridized carbons (Fsp3) is 0.429. The van der Waals surface area contributed by atoms with E-state index in [0.717, 1.165) is 0 Å². The largest absolute Gasteiger partial charge is 0.449 e. The van der Waals surface area contributed by atoms with Gasteiger partial charge >= 0.3 is 12.1 Å². The molecule has 0 spiro atoms. The number of likely N-dealkylation sites (tertiary alicyclic amines) is 2. The van der Waals surface area contributed by atoms with E-state index in [9.17, 15) is 27.6 Å². The molecule has 4 rings (SSSR count). The zero-order chi connectivity index (χ0) is 28.7. The van der Waals surface area contributed by atoms with E-state index in [0.29, 0.717) is 16.8 Å². The van der Waals surface area contributed by atoms with Gasteiger partial charge in [0.05, 0.1) is 6.42 Å². The summed E-state index contributed by atoms with van der Waals surface area (Å²) in [5.41, 5.74) is 1.82. The van der Waals surface area contributed by atoms with Crippen molar-refractivity contribution in [1.29, 1.82) is 5.26 Å². The van der Waals surface area contributed by atoms with Gasteiger partial charge in [-0.05, 0) is 41.8 Å². The summed E-state index contributed by atoms with van der Waals surface area (Å²) in [4.78, 5) is 40.9. The summed E-state index contributed by atoms with van der Waals surface area (Å²) in [6, 6.07) is 12.7. The molecule has 2 atom stereocenters. The van der Waals surface area contributed by atoms with Gasteiger partial charge in [-0.1, -0.05) is 24.3 Å². The van der Waals surface area contributed by atoms with Crippen LogP contribution in [0.4, 0.5) is 23.7 Å². The lowest BCUT2D eigenvalue weighted by Gasteiger charge is -2.35. The number of halogens is 3. The third-order valence-corrected chi connectivity index (χ3v) is 6.99. The summed E-state index contributed by atoms with van der Waals surface area (Å²) >= 11 is 0. The molecule has 0 bridgehead atoms. The third-order valence-electron chi connectivity index (χ3n) is 6.99. The molecule has 2 saturated heterocycles. The molecule has 212 valence electrons. The van der Waals surface area contributed by atoms with E-state index in [2.05, 4.69) is 5.32 Å². The van der Waals surface area contributed by atoms with Gasteiger partial charge in [0.2, 0.25) is 5.91 Å². The molecule has 1 N–H and O–H groups in total. The monoisotopic (exact) mass is 558 g/mol. The van der Waals surface area contributed by atoms with E-state index < -0.39 is 30.6 Å². The van der Waals surface area contributed by atoms with Gasteiger partial charge < -0.3 is 14.8 Å². The Morgan fingerprint density at radius 2 is 1.65 bits per heavy atom. The Labute approximate surface area is 229 Å². The molecule has 2 aromatic carbocycles. The van der Waals surface area contributed by atoms with Gasteiger partial charge in [0.15, 0.2) is 6.61 Å². The molecular weight excluding hydrogens is 529 g/mol. The second-order valence-corrected chi connectivity index (χ2v) is 9.82. The Morgan fingerprint density at radius 1 is 1.00 bits per heavy atom. The maximum absolute atomic E-state index is 13.6. The Balaban J connectivity index is 1.31. The number of piperidine rings is 1. The van der Waals surface area contributed by atoms with Crippen molar-refractivity contribution in [3.05, 3.63) is 65.5 Å². The van der Waals surface area contributed by atoms with Crippen molar-refractivity contribution in [2.75, 3.05) is 31.6 Å². The highest BCUT2D eigenvalue weighted by Crippen LogP contribution is 2.32. The summed E-state index contributed by atoms with van der Waals surface area (Å²) < 4.78 is 50.6. The first-order valence-electron chi connectivity index (χ1n) is 12.9. The molecule has 0 unspecified atom stereocenters. The molecule has 0 radical (unpaired) electrons. The van der Waals surface area contributed by atoms with Crippen molar-refractivity contribution in [3.63, 3.8) is 0 Å². The van der Waals surface area contributed by atoms with Crippen LogP contribution in [-0.4, -0.2) is 72.0 Å². The van der Waals surface area contributed by atoms with Crippen LogP contribution < -0.4 is 5.32 Å². The number of nitriles is 1. The summed E-state index contributed by atoms with van der Waals surface area (Å²) in [5.74, 6) is -4.13. The number of ether oxygens (including phenoxy) is 2. The van der Waals surface area contributed by atoms with Crippen molar-refractivity contribution in [1.82, 2.24) is 9.80 Å². The van der Waals surface area contributed by atoms with Crippen LogP contribution in [0.15, 0.2) is 48.5 Å². The molecule has 0 saturated carbocycles. The number of nitrogens with zero attached hydrogens (tertiary/aromatic N) is 3. The highest BCUT2D eigenvalue weighted by Gasteiger charge is 2.45. The fourth-order valence-electron chi connectivity index (χ4n) is 4.82. The van der Waals surface area contributed by atoms with E-state index in [1.165, 1.54) is 29.2 Å². The summed E-state index contributed by atoms with van der Waals surface area (Å²) in [6.07, 6.45) is -1.08. The molecule has 40 heavy (non-hydrogen) atoms. The second kappa shape index (κ2) is 12.8. The lowest BCUT2D eigenvalue weighted by atomic mass is 10.0. The number of esters is 1. The zero-order valence-electron chi connectivity index (χ0n) is 21.7. The number of alkyl halides is 2. The van der Waals surface area contributed by atoms with Gasteiger partial charge in [0, 0.05) is 44.2 Å². The topological polar surface area (TPSA) is 112 Å². The maximum atomic E-state index is 13.6. The van der Waals surface area contributed by atoms with Crippen LogP contribution in [0.3, 0.4) is 0 Å². The fourth-order valence-corrected chi connectivity index (χ4v) is 4.82. The average molecular weight is 559 g/mol. The molecule has 2 fully saturated rings. The minimum atomic E-state index is -2.72. The number of hydrogen-bond donors (Lipinski definition) is 1. The van der Waals surface area contributed by atoms with Crippen LogP contribution in [0.5, 0.6) is 0 Å². The average Bonchev–Trinajstić information content (AvgIpc) is 3.38. The van der Waals surface area contributed by atoms with Crippen LogP contribution >= 0.6 is 0 Å². The molecule has 12 heteroatoms. The van der Waals surface area contributed by atoms with Gasteiger partial charge in [0.25, 0.3) is 5.92 Å². The summed E-state index contributed by atoms with van der Waals surface area (Å²) in [7, 11) is 0. The molecule has 2 aromatic rings. The quantitative estimate of drug-likeness (QED) is 0.490. The Morgan fingerprint density at radius 3 is 2.30 bits per heavy atom. The molecule has 2 aliphatic rings.